The second-order valence-electron chi connectivity index (χ2n) is 9.00. The molecule has 0 heterocycles. The minimum absolute atomic E-state index is 0.475. The number of likely N-dealkylation sites (N-methyl/N-ethyl adjacent to an activating group) is 1. The zero-order valence-corrected chi connectivity index (χ0v) is 18.5. The highest BCUT2D eigenvalue weighted by molar-refractivity contribution is 5.70. The van der Waals surface area contributed by atoms with Crippen LogP contribution in [0.1, 0.15) is 90.4 Å². The predicted octanol–water partition coefficient (Wildman–Crippen LogP) is 5.40. The molecule has 2 N–H and O–H groups in total. The SMILES string of the molecule is CCCCCC/C=C\CCCCCCCCC(C(=O)O)C(O)C[N+](C)(C)C. The molecule has 27 heavy (non-hydrogen) atoms. The lowest BCUT2D eigenvalue weighted by Gasteiger charge is -2.29. The Morgan fingerprint density at radius 1 is 0.852 bits per heavy atom. The van der Waals surface area contributed by atoms with E-state index in [1.807, 2.05) is 21.1 Å². The fraction of sp³-hybridized carbons (Fsp3) is 0.870. The summed E-state index contributed by atoms with van der Waals surface area (Å²) in [6.45, 7) is 2.72. The zero-order valence-electron chi connectivity index (χ0n) is 18.5. The lowest BCUT2D eigenvalue weighted by atomic mass is 9.94. The molecule has 4 nitrogen and oxygen atoms in total. The minimum atomic E-state index is -0.863. The first-order chi connectivity index (χ1) is 12.8. The molecule has 160 valence electrons. The third-order valence-electron chi connectivity index (χ3n) is 5.04. The zero-order chi connectivity index (χ0) is 20.5. The van der Waals surface area contributed by atoms with Gasteiger partial charge in [0.25, 0.3) is 0 Å². The molecule has 0 aliphatic rings. The van der Waals surface area contributed by atoms with Gasteiger partial charge in [0.1, 0.15) is 12.6 Å². The van der Waals surface area contributed by atoms with E-state index in [1.54, 1.807) is 0 Å². The number of nitrogens with zero attached hydrogens (tertiary/aromatic N) is 1. The van der Waals surface area contributed by atoms with Crippen LogP contribution in [-0.4, -0.2) is 54.5 Å². The van der Waals surface area contributed by atoms with E-state index in [9.17, 15) is 15.0 Å². The maximum atomic E-state index is 11.4. The molecule has 0 spiro atoms. The van der Waals surface area contributed by atoms with E-state index in [-0.39, 0.29) is 0 Å². The normalized spacial score (nSPS) is 14.6. The molecule has 0 saturated carbocycles. The van der Waals surface area contributed by atoms with Gasteiger partial charge in [-0.1, -0.05) is 70.4 Å². The van der Waals surface area contributed by atoms with Crippen molar-refractivity contribution < 1.29 is 19.5 Å². The number of aliphatic carboxylic acids is 1. The third-order valence-corrected chi connectivity index (χ3v) is 5.04. The van der Waals surface area contributed by atoms with Crippen molar-refractivity contribution in [2.75, 3.05) is 27.7 Å². The highest BCUT2D eigenvalue weighted by atomic mass is 16.4. The van der Waals surface area contributed by atoms with Crippen molar-refractivity contribution in [3.63, 3.8) is 0 Å². The molecule has 2 unspecified atom stereocenters. The fourth-order valence-electron chi connectivity index (χ4n) is 3.43. The summed E-state index contributed by atoms with van der Waals surface area (Å²) >= 11 is 0. The highest BCUT2D eigenvalue weighted by Crippen LogP contribution is 2.18. The van der Waals surface area contributed by atoms with Crippen molar-refractivity contribution in [3.8, 4) is 0 Å². The number of aliphatic hydroxyl groups is 1. The summed E-state index contributed by atoms with van der Waals surface area (Å²) in [5.74, 6) is -1.50. The second kappa shape index (κ2) is 16.1. The maximum absolute atomic E-state index is 11.4. The first kappa shape index (κ1) is 26.1. The Kier molecular flexibility index (Phi) is 15.6. The summed E-state index contributed by atoms with van der Waals surface area (Å²) in [5.41, 5.74) is 0. The topological polar surface area (TPSA) is 57.5 Å². The fourth-order valence-corrected chi connectivity index (χ4v) is 3.43. The molecule has 0 rings (SSSR count). The largest absolute Gasteiger partial charge is 0.481 e. The van der Waals surface area contributed by atoms with Crippen LogP contribution in [0.15, 0.2) is 12.2 Å². The Labute approximate surface area is 168 Å². The molecule has 0 bridgehead atoms. The van der Waals surface area contributed by atoms with Gasteiger partial charge in [-0.15, -0.1) is 0 Å². The van der Waals surface area contributed by atoms with Crippen LogP contribution in [0, 0.1) is 5.92 Å². The minimum Gasteiger partial charge on any atom is -0.481 e. The van der Waals surface area contributed by atoms with Crippen LogP contribution in [0.4, 0.5) is 0 Å². The summed E-state index contributed by atoms with van der Waals surface area (Å²) in [5, 5.41) is 19.6. The summed E-state index contributed by atoms with van der Waals surface area (Å²) in [4.78, 5) is 11.4. The van der Waals surface area contributed by atoms with Gasteiger partial charge < -0.3 is 14.7 Å². The lowest BCUT2D eigenvalue weighted by Crippen LogP contribution is -2.45. The average molecular weight is 385 g/mol. The monoisotopic (exact) mass is 384 g/mol. The molecule has 0 aromatic carbocycles. The van der Waals surface area contributed by atoms with E-state index in [0.29, 0.717) is 17.4 Å². The Morgan fingerprint density at radius 3 is 1.81 bits per heavy atom. The van der Waals surface area contributed by atoms with Crippen molar-refractivity contribution in [2.45, 2.75) is 96.5 Å². The van der Waals surface area contributed by atoms with E-state index < -0.39 is 18.0 Å². The van der Waals surface area contributed by atoms with Crippen LogP contribution in [0.25, 0.3) is 0 Å². The van der Waals surface area contributed by atoms with Crippen molar-refractivity contribution in [1.82, 2.24) is 0 Å². The van der Waals surface area contributed by atoms with Gasteiger partial charge in [-0.05, 0) is 32.1 Å². The molecule has 2 atom stereocenters. The van der Waals surface area contributed by atoms with Gasteiger partial charge in [-0.3, -0.25) is 4.79 Å². The molecule has 0 radical (unpaired) electrons. The van der Waals surface area contributed by atoms with Crippen molar-refractivity contribution >= 4 is 5.97 Å². The number of carbonyl (C=O) groups is 1. The molecule has 0 aromatic rings. The van der Waals surface area contributed by atoms with Crippen LogP contribution in [-0.2, 0) is 4.79 Å². The van der Waals surface area contributed by atoms with E-state index >= 15 is 0 Å². The number of allylic oxidation sites excluding steroid dienone is 2. The van der Waals surface area contributed by atoms with Crippen LogP contribution in [0.3, 0.4) is 0 Å². The van der Waals surface area contributed by atoms with E-state index in [1.165, 1.54) is 64.2 Å². The smallest absolute Gasteiger partial charge is 0.309 e. The number of carboxylic acids is 1. The third kappa shape index (κ3) is 17.0. The lowest BCUT2D eigenvalue weighted by molar-refractivity contribution is -0.874. The highest BCUT2D eigenvalue weighted by Gasteiger charge is 2.30. The molecule has 0 aliphatic heterocycles. The van der Waals surface area contributed by atoms with Crippen LogP contribution >= 0.6 is 0 Å². The molecule has 0 fully saturated rings. The van der Waals surface area contributed by atoms with E-state index in [0.717, 1.165) is 12.8 Å². The Bertz CT molecular complexity index is 388. The maximum Gasteiger partial charge on any atom is 0.309 e. The van der Waals surface area contributed by atoms with Crippen LogP contribution in [0.5, 0.6) is 0 Å². The van der Waals surface area contributed by atoms with Gasteiger partial charge in [-0.2, -0.15) is 0 Å². The summed E-state index contributed by atoms with van der Waals surface area (Å²) in [6.07, 6.45) is 19.1. The van der Waals surface area contributed by atoms with Crippen molar-refractivity contribution in [3.05, 3.63) is 12.2 Å². The number of hydrogen-bond donors (Lipinski definition) is 2. The van der Waals surface area contributed by atoms with E-state index in [4.69, 9.17) is 0 Å². The number of hydrogen-bond acceptors (Lipinski definition) is 2. The first-order valence-corrected chi connectivity index (χ1v) is 11.1. The van der Waals surface area contributed by atoms with Gasteiger partial charge >= 0.3 is 5.97 Å². The van der Waals surface area contributed by atoms with Gasteiger partial charge in [-0.25, -0.2) is 0 Å². The molecule has 4 heteroatoms. The molecule has 0 saturated heterocycles. The molecular weight excluding hydrogens is 338 g/mol. The standard InChI is InChI=1S/C23H45NO3/c1-5-6-7-8-9-10-11-12-13-14-15-16-17-18-19-21(23(26)27)22(25)20-24(2,3)4/h10-11,21-22,25H,5-9,12-20H2,1-4H3/p+1/b11-10-. The number of aliphatic hydroxyl groups excluding tert-OH is 1. The number of carboxylic acid groups (broad SMARTS) is 1. The van der Waals surface area contributed by atoms with Gasteiger partial charge in [0.15, 0.2) is 0 Å². The Morgan fingerprint density at radius 2 is 1.33 bits per heavy atom. The molecular formula is C23H46NO3+. The van der Waals surface area contributed by atoms with Crippen molar-refractivity contribution in [1.29, 1.82) is 0 Å². The van der Waals surface area contributed by atoms with Crippen molar-refractivity contribution in [2.24, 2.45) is 5.92 Å². The Balaban J connectivity index is 3.66. The first-order valence-electron chi connectivity index (χ1n) is 11.1. The predicted molar refractivity (Wildman–Crippen MR) is 115 cm³/mol. The second-order valence-corrected chi connectivity index (χ2v) is 9.00. The average Bonchev–Trinajstić information content (AvgIpc) is 2.56. The summed E-state index contributed by atoms with van der Waals surface area (Å²) in [6, 6.07) is 0. The summed E-state index contributed by atoms with van der Waals surface area (Å²) < 4.78 is 0.581. The number of rotatable bonds is 18. The Hall–Kier alpha value is -0.870. The number of quaternary nitrogens is 1. The van der Waals surface area contributed by atoms with Crippen LogP contribution in [0.2, 0.25) is 0 Å². The molecule has 0 amide bonds. The quantitative estimate of drug-likeness (QED) is 0.189. The summed E-state index contributed by atoms with van der Waals surface area (Å²) in [7, 11) is 5.93. The van der Waals surface area contributed by atoms with Gasteiger partial charge in [0.05, 0.1) is 27.1 Å². The van der Waals surface area contributed by atoms with Gasteiger partial charge in [0.2, 0.25) is 0 Å². The van der Waals surface area contributed by atoms with Gasteiger partial charge in [0, 0.05) is 0 Å². The molecule has 0 aliphatic carbocycles. The molecule has 0 aromatic heterocycles. The van der Waals surface area contributed by atoms with E-state index in [2.05, 4.69) is 19.1 Å². The van der Waals surface area contributed by atoms with Crippen LogP contribution < -0.4 is 0 Å². The number of unbranched alkanes of at least 4 members (excludes halogenated alkanes) is 10.